The van der Waals surface area contributed by atoms with Gasteiger partial charge in [-0.25, -0.2) is 0 Å². The fraction of sp³-hybridized carbons (Fsp3) is 0.556. The number of nitrogens with one attached hydrogen (secondary N) is 1. The maximum atomic E-state index is 11.8. The number of aryl methyl sites for hydroxylation is 2. The normalized spacial score (nSPS) is 11.8. The van der Waals surface area contributed by atoms with Gasteiger partial charge in [0.2, 0.25) is 0 Å². The minimum Gasteiger partial charge on any atom is -0.325 e. The third kappa shape index (κ3) is 4.07. The van der Waals surface area contributed by atoms with E-state index in [0.717, 1.165) is 11.4 Å². The Morgan fingerprint density at radius 3 is 2.27 bits per heavy atom. The van der Waals surface area contributed by atoms with Gasteiger partial charge in [0.15, 0.2) is 0 Å². The average Bonchev–Trinajstić information content (AvgIpc) is 2.40. The molecule has 0 spiro atoms. The first kappa shape index (κ1) is 12.3. The van der Waals surface area contributed by atoms with Gasteiger partial charge in [-0.1, -0.05) is 0 Å². The van der Waals surface area contributed by atoms with Crippen LogP contribution < -0.4 is 5.43 Å². The van der Waals surface area contributed by atoms with Gasteiger partial charge in [-0.3, -0.25) is 4.68 Å². The van der Waals surface area contributed by atoms with E-state index in [9.17, 15) is 13.2 Å². The number of rotatable bonds is 4. The van der Waals surface area contributed by atoms with Crippen molar-refractivity contribution in [2.24, 2.45) is 0 Å². The quantitative estimate of drug-likeness (QED) is 0.812. The summed E-state index contributed by atoms with van der Waals surface area (Å²) in [5, 5.41) is 0. The molecule has 0 aliphatic rings. The van der Waals surface area contributed by atoms with Gasteiger partial charge in [0.05, 0.1) is 0 Å². The monoisotopic (exact) mass is 238 g/mol. The predicted octanol–water partition coefficient (Wildman–Crippen LogP) is 2.90. The molecule has 0 fully saturated rings. The summed E-state index contributed by atoms with van der Waals surface area (Å²) in [5.41, 5.74) is 0.774. The van der Waals surface area contributed by atoms with Gasteiger partial charge in [0, 0.05) is 23.7 Å². The van der Waals surface area contributed by atoms with Gasteiger partial charge in [-0.2, -0.15) is 13.2 Å². The number of alkyl halides is 3. The van der Waals surface area contributed by atoms with E-state index in [1.54, 1.807) is 4.68 Å². The van der Waals surface area contributed by atoms with Crippen molar-refractivity contribution in [1.29, 1.82) is 0 Å². The highest BCUT2D eigenvalue weighted by atomic mass is 32.2. The smallest absolute Gasteiger partial charge is 0.325 e. The van der Waals surface area contributed by atoms with Crippen molar-refractivity contribution in [2.75, 3.05) is 17.7 Å². The lowest BCUT2D eigenvalue weighted by molar-refractivity contribution is -0.0327. The summed E-state index contributed by atoms with van der Waals surface area (Å²) in [7, 11) is 0. The van der Waals surface area contributed by atoms with Crippen molar-refractivity contribution < 1.29 is 13.2 Å². The molecule has 1 aromatic heterocycles. The van der Waals surface area contributed by atoms with E-state index >= 15 is 0 Å². The van der Waals surface area contributed by atoms with Gasteiger partial charge in [-0.05, 0) is 37.7 Å². The maximum absolute atomic E-state index is 11.8. The third-order valence-corrected chi connectivity index (χ3v) is 2.64. The highest BCUT2D eigenvalue weighted by molar-refractivity contribution is 8.00. The molecule has 86 valence electrons. The van der Waals surface area contributed by atoms with E-state index in [0.29, 0.717) is 6.54 Å². The molecule has 2 nitrogen and oxygen atoms in total. The molecule has 0 saturated heterocycles. The molecular weight excluding hydrogens is 225 g/mol. The molecule has 0 atom stereocenters. The number of nitrogens with zero attached hydrogens (tertiary/aromatic N) is 1. The van der Waals surface area contributed by atoms with E-state index in [-0.39, 0.29) is 17.5 Å². The van der Waals surface area contributed by atoms with Crippen molar-refractivity contribution in [3.63, 3.8) is 0 Å². The molecule has 0 saturated carbocycles. The van der Waals surface area contributed by atoms with E-state index in [1.807, 2.05) is 26.0 Å². The summed E-state index contributed by atoms with van der Waals surface area (Å²) in [6, 6.07) is 3.83. The van der Waals surface area contributed by atoms with Crippen molar-refractivity contribution in [1.82, 2.24) is 4.68 Å². The molecule has 0 unspecified atom stereocenters. The molecule has 0 aromatic carbocycles. The topological polar surface area (TPSA) is 17.0 Å². The molecule has 0 radical (unpaired) electrons. The van der Waals surface area contributed by atoms with Crippen LogP contribution in [0.25, 0.3) is 0 Å². The van der Waals surface area contributed by atoms with Crippen molar-refractivity contribution >= 4 is 11.8 Å². The van der Waals surface area contributed by atoms with E-state index in [2.05, 4.69) is 5.43 Å². The van der Waals surface area contributed by atoms with Crippen LogP contribution in [0.3, 0.4) is 0 Å². The first-order chi connectivity index (χ1) is 6.90. The molecule has 1 rings (SSSR count). The first-order valence-corrected chi connectivity index (χ1v) is 5.48. The minimum absolute atomic E-state index is 0.00870. The van der Waals surface area contributed by atoms with Crippen molar-refractivity contribution in [3.05, 3.63) is 23.5 Å². The highest BCUT2D eigenvalue weighted by Gasteiger charge is 2.27. The Balaban J connectivity index is 2.32. The zero-order chi connectivity index (χ0) is 11.5. The van der Waals surface area contributed by atoms with E-state index in [1.165, 1.54) is 0 Å². The van der Waals surface area contributed by atoms with Gasteiger partial charge >= 0.3 is 5.51 Å². The van der Waals surface area contributed by atoms with Gasteiger partial charge in [0.1, 0.15) is 0 Å². The summed E-state index contributed by atoms with van der Waals surface area (Å²) in [6.45, 7) is 4.09. The lowest BCUT2D eigenvalue weighted by Gasteiger charge is -2.12. The second-order valence-electron chi connectivity index (χ2n) is 3.15. The van der Waals surface area contributed by atoms with Crippen LogP contribution in [0.5, 0.6) is 0 Å². The lowest BCUT2D eigenvalue weighted by atomic mass is 10.5. The summed E-state index contributed by atoms with van der Waals surface area (Å²) in [5.74, 6) is 0.0144. The second-order valence-corrected chi connectivity index (χ2v) is 4.31. The number of thioether (sulfide) groups is 1. The number of halogens is 3. The molecule has 15 heavy (non-hydrogen) atoms. The van der Waals surface area contributed by atoms with Crippen LogP contribution in [0, 0.1) is 13.8 Å². The molecule has 1 aromatic rings. The molecule has 0 amide bonds. The predicted molar refractivity (Wildman–Crippen MR) is 56.6 cm³/mol. The van der Waals surface area contributed by atoms with Gasteiger partial charge in [-0.15, -0.1) is 0 Å². The lowest BCUT2D eigenvalue weighted by Crippen LogP contribution is -2.20. The van der Waals surface area contributed by atoms with Crippen molar-refractivity contribution in [2.45, 2.75) is 19.4 Å². The number of hydrogen-bond acceptors (Lipinski definition) is 2. The zero-order valence-electron chi connectivity index (χ0n) is 8.56. The van der Waals surface area contributed by atoms with Crippen LogP contribution in [0.1, 0.15) is 11.4 Å². The zero-order valence-corrected chi connectivity index (χ0v) is 9.37. The van der Waals surface area contributed by atoms with Crippen LogP contribution in [0.2, 0.25) is 0 Å². The van der Waals surface area contributed by atoms with Crippen LogP contribution in [0.4, 0.5) is 13.2 Å². The molecule has 0 aliphatic heterocycles. The molecule has 0 aliphatic carbocycles. The van der Waals surface area contributed by atoms with Crippen molar-refractivity contribution in [3.8, 4) is 0 Å². The Labute approximate surface area is 90.8 Å². The summed E-state index contributed by atoms with van der Waals surface area (Å²) >= 11 is -0.00870. The highest BCUT2D eigenvalue weighted by Crippen LogP contribution is 2.29. The molecule has 6 heteroatoms. The molecule has 1 N–H and O–H groups in total. The van der Waals surface area contributed by atoms with E-state index < -0.39 is 5.51 Å². The Kier molecular flexibility index (Phi) is 3.96. The fourth-order valence-corrected chi connectivity index (χ4v) is 1.67. The standard InChI is InChI=1S/C9H13F3N2S/c1-7-3-4-8(2)14(7)13-5-6-15-9(10,11)12/h3-4,13H,5-6H2,1-2H3. The maximum Gasteiger partial charge on any atom is 0.441 e. The molecular formula is C9H13F3N2S. The Hall–Kier alpha value is -0.780. The van der Waals surface area contributed by atoms with Crippen LogP contribution in [-0.4, -0.2) is 22.5 Å². The first-order valence-electron chi connectivity index (χ1n) is 4.49. The second kappa shape index (κ2) is 4.83. The molecule has 0 bridgehead atoms. The molecule has 1 heterocycles. The van der Waals surface area contributed by atoms with Crippen LogP contribution >= 0.6 is 11.8 Å². The Morgan fingerprint density at radius 2 is 1.80 bits per heavy atom. The number of hydrogen-bond donors (Lipinski definition) is 1. The average molecular weight is 238 g/mol. The number of aromatic nitrogens is 1. The Morgan fingerprint density at radius 1 is 1.27 bits per heavy atom. The Bertz CT molecular complexity index is 300. The summed E-state index contributed by atoms with van der Waals surface area (Å²) in [6.07, 6.45) is 0. The largest absolute Gasteiger partial charge is 0.441 e. The SMILES string of the molecule is Cc1ccc(C)n1NCCSC(F)(F)F. The van der Waals surface area contributed by atoms with Crippen LogP contribution in [0.15, 0.2) is 12.1 Å². The minimum atomic E-state index is -4.14. The van der Waals surface area contributed by atoms with Gasteiger partial charge < -0.3 is 5.43 Å². The third-order valence-electron chi connectivity index (χ3n) is 1.91. The van der Waals surface area contributed by atoms with E-state index in [4.69, 9.17) is 0 Å². The van der Waals surface area contributed by atoms with Crippen LogP contribution in [-0.2, 0) is 0 Å². The fourth-order valence-electron chi connectivity index (χ4n) is 1.24. The van der Waals surface area contributed by atoms with Gasteiger partial charge in [0.25, 0.3) is 0 Å². The summed E-state index contributed by atoms with van der Waals surface area (Å²) in [4.78, 5) is 0. The summed E-state index contributed by atoms with van der Waals surface area (Å²) < 4.78 is 37.2.